The molecule has 2 aromatic rings. The molecular formula is C12H20N6O2S. The van der Waals surface area contributed by atoms with E-state index in [2.05, 4.69) is 19.8 Å². The van der Waals surface area contributed by atoms with E-state index < -0.39 is 10.0 Å². The predicted molar refractivity (Wildman–Crippen MR) is 78.0 cm³/mol. The van der Waals surface area contributed by atoms with E-state index in [1.807, 2.05) is 0 Å². The molecular weight excluding hydrogens is 292 g/mol. The number of hydrogen-bond donors (Lipinski definition) is 3. The van der Waals surface area contributed by atoms with Crippen LogP contribution >= 0.6 is 0 Å². The Morgan fingerprint density at radius 2 is 2.19 bits per heavy atom. The Balaban J connectivity index is 2.21. The van der Waals surface area contributed by atoms with Gasteiger partial charge in [-0.3, -0.25) is 4.68 Å². The maximum atomic E-state index is 12.4. The first-order valence-corrected chi connectivity index (χ1v) is 8.15. The largest absolute Gasteiger partial charge is 0.347 e. The molecule has 0 saturated heterocycles. The molecule has 0 radical (unpaired) electrons. The lowest BCUT2D eigenvalue weighted by atomic mass is 10.4. The highest BCUT2D eigenvalue weighted by atomic mass is 32.2. The average Bonchev–Trinajstić information content (AvgIpc) is 3.03. The first-order valence-electron chi connectivity index (χ1n) is 6.66. The lowest BCUT2D eigenvalue weighted by molar-refractivity contribution is 0.563. The molecule has 0 unspecified atom stereocenters. The number of rotatable bonds is 7. The minimum Gasteiger partial charge on any atom is -0.347 e. The molecule has 2 heterocycles. The Morgan fingerprint density at radius 1 is 1.43 bits per heavy atom. The zero-order valence-corrected chi connectivity index (χ0v) is 12.9. The van der Waals surface area contributed by atoms with Crippen molar-refractivity contribution in [3.63, 3.8) is 0 Å². The number of aryl methyl sites for hydroxylation is 2. The van der Waals surface area contributed by atoms with Gasteiger partial charge in [-0.1, -0.05) is 0 Å². The summed E-state index contributed by atoms with van der Waals surface area (Å²) in [4.78, 5) is 6.94. The second-order valence-electron chi connectivity index (χ2n) is 4.77. The number of aromatic nitrogens is 4. The van der Waals surface area contributed by atoms with Gasteiger partial charge in [-0.15, -0.1) is 0 Å². The molecule has 0 aliphatic heterocycles. The van der Waals surface area contributed by atoms with Gasteiger partial charge in [0.25, 0.3) is 0 Å². The molecule has 0 amide bonds. The standard InChI is InChI=1S/C12H20N6O2S/c1-9-12(10(2)18(17-9)5-3-4-13)21(19,20)16-7-11-6-14-8-15-11/h6,8,16H,3-5,7,13H2,1-2H3,(H,14,15). The smallest absolute Gasteiger partial charge is 0.244 e. The number of H-pyrrole nitrogens is 1. The third kappa shape index (κ3) is 3.49. The number of sulfonamides is 1. The van der Waals surface area contributed by atoms with Crippen LogP contribution in [0.15, 0.2) is 17.4 Å². The molecule has 0 saturated carbocycles. The topological polar surface area (TPSA) is 119 Å². The second kappa shape index (κ2) is 6.37. The molecule has 9 heteroatoms. The van der Waals surface area contributed by atoms with Gasteiger partial charge in [0.1, 0.15) is 4.90 Å². The van der Waals surface area contributed by atoms with E-state index in [-0.39, 0.29) is 11.4 Å². The number of nitrogens with one attached hydrogen (secondary N) is 2. The van der Waals surface area contributed by atoms with Crippen molar-refractivity contribution in [2.24, 2.45) is 5.73 Å². The molecule has 0 aromatic carbocycles. The summed E-state index contributed by atoms with van der Waals surface area (Å²) in [6.45, 7) is 4.75. The Kier molecular flexibility index (Phi) is 4.76. The van der Waals surface area contributed by atoms with Crippen LogP contribution in [0.4, 0.5) is 0 Å². The summed E-state index contributed by atoms with van der Waals surface area (Å²) in [7, 11) is -3.61. The van der Waals surface area contributed by atoms with Crippen LogP contribution in [0.3, 0.4) is 0 Å². The predicted octanol–water partition coefficient (Wildman–Crippen LogP) is 0.0503. The lowest BCUT2D eigenvalue weighted by Crippen LogP contribution is -2.24. The van der Waals surface area contributed by atoms with E-state index in [0.717, 1.165) is 6.42 Å². The van der Waals surface area contributed by atoms with Crippen LogP contribution in [0.1, 0.15) is 23.5 Å². The SMILES string of the molecule is Cc1nn(CCCN)c(C)c1S(=O)(=O)NCc1cnc[nH]1. The molecule has 0 aliphatic carbocycles. The molecule has 2 aromatic heterocycles. The highest BCUT2D eigenvalue weighted by Gasteiger charge is 2.24. The van der Waals surface area contributed by atoms with Crippen molar-refractivity contribution in [3.05, 3.63) is 29.6 Å². The molecule has 0 spiro atoms. The zero-order chi connectivity index (χ0) is 15.5. The molecule has 0 aliphatic rings. The fourth-order valence-corrected chi connectivity index (χ4v) is 3.57. The third-order valence-electron chi connectivity index (χ3n) is 3.17. The summed E-state index contributed by atoms with van der Waals surface area (Å²) >= 11 is 0. The summed E-state index contributed by atoms with van der Waals surface area (Å²) in [6, 6.07) is 0. The van der Waals surface area contributed by atoms with Crippen LogP contribution < -0.4 is 10.5 Å². The van der Waals surface area contributed by atoms with E-state index in [9.17, 15) is 8.42 Å². The van der Waals surface area contributed by atoms with Crippen molar-refractivity contribution in [1.82, 2.24) is 24.5 Å². The Hall–Kier alpha value is -1.71. The van der Waals surface area contributed by atoms with Crippen LogP contribution in [-0.4, -0.2) is 34.7 Å². The van der Waals surface area contributed by atoms with Crippen molar-refractivity contribution in [1.29, 1.82) is 0 Å². The van der Waals surface area contributed by atoms with Crippen molar-refractivity contribution in [3.8, 4) is 0 Å². The molecule has 0 bridgehead atoms. The Morgan fingerprint density at radius 3 is 2.81 bits per heavy atom. The van der Waals surface area contributed by atoms with Crippen molar-refractivity contribution in [2.75, 3.05) is 6.54 Å². The minimum atomic E-state index is -3.61. The monoisotopic (exact) mass is 312 g/mol. The molecule has 116 valence electrons. The highest BCUT2D eigenvalue weighted by molar-refractivity contribution is 7.89. The molecule has 8 nitrogen and oxygen atoms in total. The van der Waals surface area contributed by atoms with Gasteiger partial charge < -0.3 is 10.7 Å². The number of nitrogens with two attached hydrogens (primary N) is 1. The first kappa shape index (κ1) is 15.7. The van der Waals surface area contributed by atoms with E-state index in [0.29, 0.717) is 30.2 Å². The van der Waals surface area contributed by atoms with E-state index >= 15 is 0 Å². The van der Waals surface area contributed by atoms with Gasteiger partial charge in [0.05, 0.1) is 24.3 Å². The first-order chi connectivity index (χ1) is 9.95. The summed E-state index contributed by atoms with van der Waals surface area (Å²) in [5.74, 6) is 0. The summed E-state index contributed by atoms with van der Waals surface area (Å²) < 4.78 is 29.1. The van der Waals surface area contributed by atoms with Crippen molar-refractivity contribution >= 4 is 10.0 Å². The number of hydrogen-bond acceptors (Lipinski definition) is 5. The van der Waals surface area contributed by atoms with E-state index in [4.69, 9.17) is 5.73 Å². The number of nitrogens with zero attached hydrogens (tertiary/aromatic N) is 3. The molecule has 2 rings (SSSR count). The molecule has 0 fully saturated rings. The van der Waals surface area contributed by atoms with E-state index in [1.54, 1.807) is 24.7 Å². The summed E-state index contributed by atoms with van der Waals surface area (Å²) in [5.41, 5.74) is 7.29. The lowest BCUT2D eigenvalue weighted by Gasteiger charge is -2.07. The van der Waals surface area contributed by atoms with E-state index in [1.165, 1.54) is 6.33 Å². The van der Waals surface area contributed by atoms with Gasteiger partial charge in [-0.05, 0) is 26.8 Å². The maximum Gasteiger partial charge on any atom is 0.244 e. The van der Waals surface area contributed by atoms with Gasteiger partial charge in [0.2, 0.25) is 10.0 Å². The zero-order valence-electron chi connectivity index (χ0n) is 12.1. The Bertz CT molecular complexity index is 690. The normalized spacial score (nSPS) is 12.0. The van der Waals surface area contributed by atoms with Crippen molar-refractivity contribution < 1.29 is 8.42 Å². The van der Waals surface area contributed by atoms with Gasteiger partial charge in [-0.2, -0.15) is 5.10 Å². The van der Waals surface area contributed by atoms with Gasteiger partial charge in [-0.25, -0.2) is 18.1 Å². The fraction of sp³-hybridized carbons (Fsp3) is 0.500. The maximum absolute atomic E-state index is 12.4. The highest BCUT2D eigenvalue weighted by Crippen LogP contribution is 2.19. The van der Waals surface area contributed by atoms with Gasteiger partial charge in [0, 0.05) is 18.4 Å². The fourth-order valence-electron chi connectivity index (χ4n) is 2.15. The van der Waals surface area contributed by atoms with Crippen LogP contribution in [0.2, 0.25) is 0 Å². The number of aromatic amines is 1. The molecule has 4 N–H and O–H groups in total. The third-order valence-corrected chi connectivity index (χ3v) is 4.82. The molecule has 21 heavy (non-hydrogen) atoms. The quantitative estimate of drug-likeness (QED) is 0.667. The van der Waals surface area contributed by atoms with Crippen LogP contribution in [-0.2, 0) is 23.1 Å². The Labute approximate surface area is 123 Å². The van der Waals surface area contributed by atoms with Crippen molar-refractivity contribution in [2.45, 2.75) is 38.3 Å². The minimum absolute atomic E-state index is 0.162. The van der Waals surface area contributed by atoms with Gasteiger partial charge >= 0.3 is 0 Å². The summed E-state index contributed by atoms with van der Waals surface area (Å²) in [6.07, 6.45) is 3.83. The van der Waals surface area contributed by atoms with Crippen LogP contribution in [0.5, 0.6) is 0 Å². The summed E-state index contributed by atoms with van der Waals surface area (Å²) in [5, 5.41) is 4.28. The second-order valence-corrected chi connectivity index (χ2v) is 6.47. The van der Waals surface area contributed by atoms with Crippen LogP contribution in [0, 0.1) is 13.8 Å². The van der Waals surface area contributed by atoms with Crippen LogP contribution in [0.25, 0.3) is 0 Å². The average molecular weight is 312 g/mol. The molecule has 0 atom stereocenters. The van der Waals surface area contributed by atoms with Gasteiger partial charge in [0.15, 0.2) is 0 Å². The number of imidazole rings is 1.